The second-order valence-electron chi connectivity index (χ2n) is 28.0. The third-order valence-corrected chi connectivity index (χ3v) is 23.5. The molecule has 4 aliphatic carbocycles. The molecule has 4 saturated carbocycles. The summed E-state index contributed by atoms with van der Waals surface area (Å²) in [6, 6.07) is 26.8. The van der Waals surface area contributed by atoms with Crippen molar-refractivity contribution in [1.82, 2.24) is 45.2 Å². The van der Waals surface area contributed by atoms with Crippen LogP contribution in [-0.4, -0.2) is 181 Å². The normalized spacial score (nSPS) is 18.7. The molecule has 6 aromatic heterocycles. The Morgan fingerprint density at radius 2 is 0.845 bits per heavy atom. The minimum Gasteiger partial charge on any atom is -0.479 e. The van der Waals surface area contributed by atoms with Gasteiger partial charge in [-0.2, -0.15) is 29.9 Å². The first-order valence-corrected chi connectivity index (χ1v) is 40.0. The molecule has 8 aliphatic rings. The summed E-state index contributed by atoms with van der Waals surface area (Å²) < 4.78 is 149. The lowest BCUT2D eigenvalue weighted by Crippen LogP contribution is -2.51. The lowest BCUT2D eigenvalue weighted by atomic mass is 9.96. The molecule has 16 rings (SSSR count). The summed E-state index contributed by atoms with van der Waals surface area (Å²) in [4.78, 5) is 57.9. The molecule has 28 nitrogen and oxygen atoms in total. The van der Waals surface area contributed by atoms with Gasteiger partial charge in [-0.1, -0.05) is 59.1 Å². The molecular formula is C68H72Cl4F8N18O10P2. The van der Waals surface area contributed by atoms with Crippen LogP contribution in [0.4, 0.5) is 104 Å². The number of methoxy groups -OCH3 is 4. The second kappa shape index (κ2) is 30.8. The summed E-state index contributed by atoms with van der Waals surface area (Å²) in [5, 5.41) is 35.5. The zero-order valence-corrected chi connectivity index (χ0v) is 64.6. The average Bonchev–Trinajstić information content (AvgIpc) is 1.54. The first-order chi connectivity index (χ1) is 51.6. The van der Waals surface area contributed by atoms with E-state index in [1.54, 1.807) is 61.9 Å². The number of nitrogen functional groups attached to an aromatic ring is 1. The van der Waals surface area contributed by atoms with Crippen LogP contribution in [0.3, 0.4) is 0 Å². The number of alkyl halides is 8. The molecule has 8 aromatic rings. The van der Waals surface area contributed by atoms with Crippen molar-refractivity contribution in [2.75, 3.05) is 144 Å². The predicted octanol–water partition coefficient (Wildman–Crippen LogP) is 14.5. The maximum absolute atomic E-state index is 13.5. The number of halogens is 12. The van der Waals surface area contributed by atoms with E-state index in [0.717, 1.165) is 5.30 Å². The standard InChI is InChI=1S/C23H24ClF2N6O2P.C12H12Cl2N3OP.C11H11F2N3O3.C11H13F2N3O.C6H5ClN2O3.C5H7F2N/c1-34-20-16(8-9-18(30-20)32-12-22(13-32)11-23(22,25)26)29-21-27-10-14(24)19(31-21)28-15-6-4-5-7-17(15)35(2,3)33;1-19(2,18)10-6-4-3-5-9(10)16-11-8(13)7-15-12(14)17-11;1-19-9-7(16(17)18)2-3-8(14-9)15-5-10(6-15)4-11(10,12)13;1-17-9-7(14)2-3-8(15-9)16-5-10(6-16)4-11(10,12)13;1-12-6-4(9(10)11)2-3-5(7)8-6;6-5(7)1-4(5)2-8-3-4/h4-10H,11-13H2,1-3H3,(H2,27,28,29,31);3-7H,1-2H3,(H,15,16,17);2-3H,4-6H2,1H3;2-3H,4-6,14H2,1H3;2-3H,1H3;8H,1-3H2. The van der Waals surface area contributed by atoms with Gasteiger partial charge in [0.25, 0.3) is 35.5 Å². The summed E-state index contributed by atoms with van der Waals surface area (Å²) in [6.07, 6.45) is 2.84. The van der Waals surface area contributed by atoms with Crippen LogP contribution in [0.15, 0.2) is 109 Å². The highest BCUT2D eigenvalue weighted by Gasteiger charge is 2.78. The number of nitrogens with one attached hydrogen (secondary N) is 4. The number of nitrogens with zero attached hydrogens (tertiary/aromatic N) is 13. The quantitative estimate of drug-likeness (QED) is 0.0141. The third kappa shape index (κ3) is 17.4. The van der Waals surface area contributed by atoms with Crippen LogP contribution in [0, 0.1) is 41.9 Å². The Morgan fingerprint density at radius 1 is 0.473 bits per heavy atom. The van der Waals surface area contributed by atoms with Crippen LogP contribution < -0.4 is 71.3 Å². The number of para-hydroxylation sites is 2. The summed E-state index contributed by atoms with van der Waals surface area (Å²) in [5.74, 6) is -6.91. The molecule has 0 bridgehead atoms. The van der Waals surface area contributed by atoms with Crippen molar-refractivity contribution in [1.29, 1.82) is 0 Å². The summed E-state index contributed by atoms with van der Waals surface area (Å²) in [5.41, 5.74) is 4.36. The number of hydrogen-bond donors (Lipinski definition) is 5. The Balaban J connectivity index is 0.000000139. The average molecular weight is 1660 g/mol. The van der Waals surface area contributed by atoms with Gasteiger partial charge in [0.15, 0.2) is 11.6 Å². The van der Waals surface area contributed by atoms with Gasteiger partial charge in [-0.3, -0.25) is 20.2 Å². The fourth-order valence-electron chi connectivity index (χ4n) is 12.6. The van der Waals surface area contributed by atoms with Crippen molar-refractivity contribution in [2.24, 2.45) is 21.7 Å². The van der Waals surface area contributed by atoms with Gasteiger partial charge in [-0.25, -0.2) is 45.1 Å². The first-order valence-electron chi connectivity index (χ1n) is 33.2. The molecule has 10 heterocycles. The van der Waals surface area contributed by atoms with Crippen LogP contribution in [0.1, 0.15) is 25.7 Å². The summed E-state index contributed by atoms with van der Waals surface area (Å²) in [7, 11) is 0.594. The van der Waals surface area contributed by atoms with Gasteiger partial charge in [0, 0.05) is 101 Å². The van der Waals surface area contributed by atoms with E-state index >= 15 is 0 Å². The molecule has 588 valence electrons. The van der Waals surface area contributed by atoms with Crippen LogP contribution in [-0.2, 0) is 9.13 Å². The van der Waals surface area contributed by atoms with Gasteiger partial charge < -0.3 is 69.8 Å². The molecule has 2 aromatic carbocycles. The van der Waals surface area contributed by atoms with E-state index in [0.29, 0.717) is 94.2 Å². The maximum atomic E-state index is 13.5. The van der Waals surface area contributed by atoms with Crippen molar-refractivity contribution < 1.29 is 73.0 Å². The Hall–Kier alpha value is -9.18. The van der Waals surface area contributed by atoms with Gasteiger partial charge in [-0.15, -0.1) is 0 Å². The number of ether oxygens (including phenoxy) is 4. The number of anilines is 10. The summed E-state index contributed by atoms with van der Waals surface area (Å²) >= 11 is 23.5. The third-order valence-electron chi connectivity index (χ3n) is 19.4. The number of nitro groups is 2. The van der Waals surface area contributed by atoms with Crippen LogP contribution in [0.2, 0.25) is 20.5 Å². The van der Waals surface area contributed by atoms with Crippen LogP contribution >= 0.6 is 60.7 Å². The molecule has 0 unspecified atom stereocenters. The first kappa shape index (κ1) is 81.8. The molecule has 0 atom stereocenters. The lowest BCUT2D eigenvalue weighted by Gasteiger charge is -2.40. The molecule has 4 saturated heterocycles. The molecular weight excluding hydrogens is 1580 g/mol. The van der Waals surface area contributed by atoms with E-state index < -0.39 is 69.5 Å². The number of nitrogens with two attached hydrogens (primary N) is 1. The van der Waals surface area contributed by atoms with Crippen LogP contribution in [0.5, 0.6) is 23.5 Å². The van der Waals surface area contributed by atoms with Crippen molar-refractivity contribution in [3.05, 3.63) is 150 Å². The van der Waals surface area contributed by atoms with E-state index in [-0.39, 0.29) is 102 Å². The number of hydrogen-bond acceptors (Lipinski definition) is 26. The van der Waals surface area contributed by atoms with Crippen molar-refractivity contribution in [3.63, 3.8) is 0 Å². The van der Waals surface area contributed by atoms with Crippen LogP contribution in [0.25, 0.3) is 0 Å². The Bertz CT molecular complexity index is 4930. The van der Waals surface area contributed by atoms with Crippen molar-refractivity contribution >= 4 is 140 Å². The van der Waals surface area contributed by atoms with E-state index in [4.69, 9.17) is 66.3 Å². The fourth-order valence-corrected chi connectivity index (χ4v) is 15.4. The molecule has 42 heteroatoms. The van der Waals surface area contributed by atoms with E-state index in [9.17, 15) is 64.5 Å². The highest BCUT2D eigenvalue weighted by Crippen LogP contribution is 2.68. The Morgan fingerprint density at radius 3 is 1.24 bits per heavy atom. The van der Waals surface area contributed by atoms with E-state index in [1.807, 2.05) is 52.3 Å². The smallest absolute Gasteiger partial charge is 0.331 e. The number of aromatic nitrogens is 8. The fraction of sp³-hybridized carbons (Fsp3) is 0.412. The molecule has 0 amide bonds. The Labute approximate surface area is 643 Å². The lowest BCUT2D eigenvalue weighted by molar-refractivity contribution is -0.386. The monoisotopic (exact) mass is 1650 g/mol. The summed E-state index contributed by atoms with van der Waals surface area (Å²) in [6.45, 7) is 9.61. The maximum Gasteiger partial charge on any atom is 0.331 e. The molecule has 4 aliphatic heterocycles. The minimum atomic E-state index is -2.58. The number of pyridine rings is 4. The highest BCUT2D eigenvalue weighted by molar-refractivity contribution is 7.70. The van der Waals surface area contributed by atoms with Gasteiger partial charge >= 0.3 is 11.4 Å². The largest absolute Gasteiger partial charge is 0.479 e. The molecule has 0 radical (unpaired) electrons. The number of benzene rings is 2. The van der Waals surface area contributed by atoms with Gasteiger partial charge in [-0.05, 0) is 98.9 Å². The van der Waals surface area contributed by atoms with Gasteiger partial charge in [0.05, 0.1) is 89.4 Å². The van der Waals surface area contributed by atoms with E-state index in [1.165, 1.54) is 65.1 Å². The zero-order valence-electron chi connectivity index (χ0n) is 59.8. The topological polar surface area (TPSA) is 344 Å². The zero-order chi connectivity index (χ0) is 80.1. The minimum absolute atomic E-state index is 0.00259. The highest BCUT2D eigenvalue weighted by atomic mass is 35.5. The molecule has 110 heavy (non-hydrogen) atoms. The Kier molecular flexibility index (Phi) is 22.9. The van der Waals surface area contributed by atoms with Gasteiger partial charge in [0.1, 0.15) is 52.6 Å². The number of rotatable bonds is 17. The molecule has 4 spiro atoms. The predicted molar refractivity (Wildman–Crippen MR) is 403 cm³/mol. The van der Waals surface area contributed by atoms with Crippen molar-refractivity contribution in [3.8, 4) is 23.5 Å². The van der Waals surface area contributed by atoms with Gasteiger partial charge in [0.2, 0.25) is 23.0 Å². The van der Waals surface area contributed by atoms with Crippen molar-refractivity contribution in [2.45, 2.75) is 49.4 Å². The van der Waals surface area contributed by atoms with E-state index in [2.05, 4.69) is 65.9 Å². The molecule has 6 N–H and O–H groups in total. The SMILES string of the molecule is COc1nc(Cl)ccc1[N+](=O)[O-].COc1nc(N2CC3(C2)CC3(F)F)ccc1N.COc1nc(N2CC3(C2)CC3(F)F)ccc1Nc1ncc(Cl)c(Nc2ccccc2P(C)(C)=O)n1.COc1nc(N2CC3(C2)CC3(F)F)ccc1[N+](=O)[O-].CP(C)(=O)c1ccccc1Nc1nc(Cl)ncc1Cl.FC1(F)CC12CNC2. The second-order valence-corrected chi connectivity index (χ2v) is 35.9. The molecule has 8 fully saturated rings.